The van der Waals surface area contributed by atoms with Gasteiger partial charge in [-0.15, -0.1) is 0 Å². The molecule has 112 valence electrons. The molecule has 1 N–H and O–H groups in total. The molecule has 0 bridgehead atoms. The summed E-state index contributed by atoms with van der Waals surface area (Å²) in [6.07, 6.45) is -0.934. The SMILES string of the molecule is CC(C)NCc1cc(N(CC(F)(F)F)C2CC2)ccn1. The number of hydrogen-bond acceptors (Lipinski definition) is 3. The van der Waals surface area contributed by atoms with Gasteiger partial charge in [-0.3, -0.25) is 4.98 Å². The molecular weight excluding hydrogens is 267 g/mol. The molecule has 6 heteroatoms. The molecule has 0 spiro atoms. The van der Waals surface area contributed by atoms with E-state index in [0.717, 1.165) is 18.5 Å². The predicted octanol–water partition coefficient (Wildman–Crippen LogP) is 3.11. The third-order valence-electron chi connectivity index (χ3n) is 3.16. The van der Waals surface area contributed by atoms with Gasteiger partial charge in [0, 0.05) is 30.5 Å². The summed E-state index contributed by atoms with van der Waals surface area (Å²) < 4.78 is 38.0. The number of hydrogen-bond donors (Lipinski definition) is 1. The molecule has 1 aromatic heterocycles. The minimum atomic E-state index is -4.18. The van der Waals surface area contributed by atoms with Crippen LogP contribution in [0.4, 0.5) is 18.9 Å². The molecule has 20 heavy (non-hydrogen) atoms. The third-order valence-corrected chi connectivity index (χ3v) is 3.16. The van der Waals surface area contributed by atoms with Gasteiger partial charge < -0.3 is 10.2 Å². The summed E-state index contributed by atoms with van der Waals surface area (Å²) in [5.41, 5.74) is 1.38. The highest BCUT2D eigenvalue weighted by atomic mass is 19.4. The second-order valence-corrected chi connectivity index (χ2v) is 5.52. The van der Waals surface area contributed by atoms with Crippen LogP contribution in [0.2, 0.25) is 0 Å². The van der Waals surface area contributed by atoms with Gasteiger partial charge in [-0.1, -0.05) is 13.8 Å². The van der Waals surface area contributed by atoms with Crippen LogP contribution in [0, 0.1) is 0 Å². The Balaban J connectivity index is 2.10. The maximum absolute atomic E-state index is 12.7. The quantitative estimate of drug-likeness (QED) is 0.871. The standard InChI is InChI=1S/C14H20F3N3/c1-10(2)19-8-11-7-13(5-6-18-11)20(12-3-4-12)9-14(15,16)17/h5-7,10,12,19H,3-4,8-9H2,1-2H3. The largest absolute Gasteiger partial charge is 0.405 e. The Bertz CT molecular complexity index is 442. The minimum absolute atomic E-state index is 0.0185. The minimum Gasteiger partial charge on any atom is -0.359 e. The molecule has 0 aromatic carbocycles. The molecule has 1 fully saturated rings. The molecule has 0 saturated heterocycles. The first kappa shape index (κ1) is 15.1. The van der Waals surface area contributed by atoms with E-state index in [4.69, 9.17) is 0 Å². The Morgan fingerprint density at radius 1 is 1.40 bits per heavy atom. The number of rotatable bonds is 6. The van der Waals surface area contributed by atoms with Crippen LogP contribution in [0.25, 0.3) is 0 Å². The van der Waals surface area contributed by atoms with Crippen LogP contribution >= 0.6 is 0 Å². The van der Waals surface area contributed by atoms with Crippen molar-refractivity contribution >= 4 is 5.69 Å². The number of aromatic nitrogens is 1. The molecule has 1 saturated carbocycles. The monoisotopic (exact) mass is 287 g/mol. The Hall–Kier alpha value is -1.30. The molecule has 0 atom stereocenters. The van der Waals surface area contributed by atoms with Crippen molar-refractivity contribution in [3.63, 3.8) is 0 Å². The lowest BCUT2D eigenvalue weighted by atomic mass is 10.2. The van der Waals surface area contributed by atoms with Gasteiger partial charge in [0.1, 0.15) is 6.54 Å². The number of halogens is 3. The van der Waals surface area contributed by atoms with E-state index in [-0.39, 0.29) is 6.04 Å². The Morgan fingerprint density at radius 3 is 2.65 bits per heavy atom. The van der Waals surface area contributed by atoms with E-state index < -0.39 is 12.7 Å². The Labute approximate surface area is 117 Å². The van der Waals surface area contributed by atoms with Crippen molar-refractivity contribution in [1.29, 1.82) is 0 Å². The summed E-state index contributed by atoms with van der Waals surface area (Å²) in [7, 11) is 0. The average molecular weight is 287 g/mol. The second-order valence-electron chi connectivity index (χ2n) is 5.52. The van der Waals surface area contributed by atoms with E-state index in [1.54, 1.807) is 18.3 Å². The van der Waals surface area contributed by atoms with Crippen LogP contribution in [-0.2, 0) is 6.54 Å². The molecule has 2 rings (SSSR count). The maximum atomic E-state index is 12.7. The van der Waals surface area contributed by atoms with Gasteiger partial charge in [-0.2, -0.15) is 13.2 Å². The fraction of sp³-hybridized carbons (Fsp3) is 0.643. The zero-order valence-electron chi connectivity index (χ0n) is 11.7. The van der Waals surface area contributed by atoms with Crippen LogP contribution in [0.1, 0.15) is 32.4 Å². The maximum Gasteiger partial charge on any atom is 0.405 e. The average Bonchev–Trinajstić information content (AvgIpc) is 3.17. The van der Waals surface area contributed by atoms with Gasteiger partial charge >= 0.3 is 6.18 Å². The van der Waals surface area contributed by atoms with Crippen molar-refractivity contribution in [1.82, 2.24) is 10.3 Å². The van der Waals surface area contributed by atoms with Crippen LogP contribution in [0.5, 0.6) is 0 Å². The number of pyridine rings is 1. The van der Waals surface area contributed by atoms with Gasteiger partial charge in [-0.25, -0.2) is 0 Å². The van der Waals surface area contributed by atoms with Crippen molar-refractivity contribution in [3.8, 4) is 0 Å². The molecule has 0 radical (unpaired) electrons. The lowest BCUT2D eigenvalue weighted by Gasteiger charge is -2.26. The molecule has 0 aliphatic heterocycles. The fourth-order valence-electron chi connectivity index (χ4n) is 2.06. The van der Waals surface area contributed by atoms with Crippen molar-refractivity contribution in [3.05, 3.63) is 24.0 Å². The molecule has 3 nitrogen and oxygen atoms in total. The molecule has 1 aromatic rings. The number of nitrogens with one attached hydrogen (secondary N) is 1. The summed E-state index contributed by atoms with van der Waals surface area (Å²) in [4.78, 5) is 5.64. The highest BCUT2D eigenvalue weighted by Crippen LogP contribution is 2.34. The van der Waals surface area contributed by atoms with E-state index >= 15 is 0 Å². The van der Waals surface area contributed by atoms with Gasteiger partial charge in [0.15, 0.2) is 0 Å². The summed E-state index contributed by atoms with van der Waals surface area (Å²) in [5, 5.41) is 3.22. The topological polar surface area (TPSA) is 28.2 Å². The smallest absolute Gasteiger partial charge is 0.359 e. The van der Waals surface area contributed by atoms with E-state index in [1.807, 2.05) is 13.8 Å². The number of alkyl halides is 3. The molecule has 1 aliphatic rings. The zero-order valence-corrected chi connectivity index (χ0v) is 11.7. The number of nitrogens with zero attached hydrogens (tertiary/aromatic N) is 2. The van der Waals surface area contributed by atoms with E-state index in [9.17, 15) is 13.2 Å². The van der Waals surface area contributed by atoms with Crippen molar-refractivity contribution in [2.45, 2.75) is 51.5 Å². The first-order valence-electron chi connectivity index (χ1n) is 6.87. The highest BCUT2D eigenvalue weighted by Gasteiger charge is 2.38. The first-order valence-corrected chi connectivity index (χ1v) is 6.87. The zero-order chi connectivity index (χ0) is 14.8. The predicted molar refractivity (Wildman–Crippen MR) is 72.6 cm³/mol. The summed E-state index contributed by atoms with van der Waals surface area (Å²) in [6.45, 7) is 3.71. The summed E-state index contributed by atoms with van der Waals surface area (Å²) in [6, 6.07) is 3.74. The first-order chi connectivity index (χ1) is 9.35. The van der Waals surface area contributed by atoms with E-state index in [0.29, 0.717) is 18.3 Å². The Kier molecular flexibility index (Phi) is 4.52. The van der Waals surface area contributed by atoms with Crippen LogP contribution in [0.15, 0.2) is 18.3 Å². The van der Waals surface area contributed by atoms with Crippen molar-refractivity contribution < 1.29 is 13.2 Å². The van der Waals surface area contributed by atoms with E-state index in [2.05, 4.69) is 10.3 Å². The van der Waals surface area contributed by atoms with Crippen molar-refractivity contribution in [2.75, 3.05) is 11.4 Å². The van der Waals surface area contributed by atoms with Crippen LogP contribution < -0.4 is 10.2 Å². The summed E-state index contributed by atoms with van der Waals surface area (Å²) in [5.74, 6) is 0. The van der Waals surface area contributed by atoms with Gasteiger partial charge in [0.2, 0.25) is 0 Å². The van der Waals surface area contributed by atoms with Crippen LogP contribution in [0.3, 0.4) is 0 Å². The number of anilines is 1. The Morgan fingerprint density at radius 2 is 2.10 bits per heavy atom. The van der Waals surface area contributed by atoms with Crippen LogP contribution in [-0.4, -0.2) is 29.8 Å². The molecule has 0 unspecified atom stereocenters. The highest BCUT2D eigenvalue weighted by molar-refractivity contribution is 5.49. The molecule has 1 heterocycles. The normalized spacial score (nSPS) is 15.7. The molecule has 0 amide bonds. The second kappa shape index (κ2) is 5.99. The molecule has 1 aliphatic carbocycles. The van der Waals surface area contributed by atoms with Gasteiger partial charge in [0.05, 0.1) is 5.69 Å². The fourth-order valence-corrected chi connectivity index (χ4v) is 2.06. The lowest BCUT2D eigenvalue weighted by molar-refractivity contribution is -0.120. The summed E-state index contributed by atoms with van der Waals surface area (Å²) >= 11 is 0. The lowest BCUT2D eigenvalue weighted by Crippen LogP contribution is -2.36. The van der Waals surface area contributed by atoms with Gasteiger partial charge in [0.25, 0.3) is 0 Å². The third kappa shape index (κ3) is 4.67. The van der Waals surface area contributed by atoms with Crippen molar-refractivity contribution in [2.24, 2.45) is 0 Å². The van der Waals surface area contributed by atoms with Gasteiger partial charge in [-0.05, 0) is 25.0 Å². The molecular formula is C14H20F3N3. The van der Waals surface area contributed by atoms with E-state index in [1.165, 1.54) is 4.90 Å².